The molecule has 0 heterocycles. The van der Waals surface area contributed by atoms with Crippen LogP contribution in [0.15, 0.2) is 24.3 Å². The molecule has 1 aromatic rings. The van der Waals surface area contributed by atoms with Crippen molar-refractivity contribution in [2.45, 2.75) is 39.7 Å². The van der Waals surface area contributed by atoms with Crippen molar-refractivity contribution < 1.29 is 14.3 Å². The molecule has 1 aromatic carbocycles. The maximum absolute atomic E-state index is 11.7. The molecule has 0 aromatic heterocycles. The summed E-state index contributed by atoms with van der Waals surface area (Å²) in [7, 11) is 1.43. The first-order valence-electron chi connectivity index (χ1n) is 7.53. The van der Waals surface area contributed by atoms with Gasteiger partial charge in [-0.3, -0.25) is 4.79 Å². The second-order valence-electron chi connectivity index (χ2n) is 5.68. The van der Waals surface area contributed by atoms with E-state index in [1.165, 1.54) is 12.7 Å². The number of ether oxygens (including phenoxy) is 2. The van der Waals surface area contributed by atoms with Crippen LogP contribution < -0.4 is 10.1 Å². The Balaban J connectivity index is 2.26. The van der Waals surface area contributed by atoms with Crippen molar-refractivity contribution in [3.8, 4) is 5.75 Å². The fourth-order valence-electron chi connectivity index (χ4n) is 2.12. The Bertz CT molecular complexity index is 432. The molecule has 4 heteroatoms. The second-order valence-corrected chi connectivity index (χ2v) is 5.68. The molecular weight excluding hydrogens is 266 g/mol. The van der Waals surface area contributed by atoms with E-state index in [9.17, 15) is 4.79 Å². The average molecular weight is 293 g/mol. The van der Waals surface area contributed by atoms with Crippen molar-refractivity contribution in [3.63, 3.8) is 0 Å². The van der Waals surface area contributed by atoms with Crippen LogP contribution in [-0.4, -0.2) is 32.3 Å². The highest BCUT2D eigenvalue weighted by molar-refractivity contribution is 5.75. The van der Waals surface area contributed by atoms with Crippen LogP contribution in [0, 0.1) is 12.8 Å². The fraction of sp³-hybridized carbons (Fsp3) is 0.588. The molecule has 118 valence electrons. The lowest BCUT2D eigenvalue weighted by molar-refractivity contribution is -0.143. The molecule has 0 saturated heterocycles. The Hall–Kier alpha value is -1.55. The minimum absolute atomic E-state index is 0.191. The highest BCUT2D eigenvalue weighted by Gasteiger charge is 2.19. The summed E-state index contributed by atoms with van der Waals surface area (Å²) in [6.07, 6.45) is 1.63. The number of rotatable bonds is 9. The van der Waals surface area contributed by atoms with Crippen LogP contribution in [0.3, 0.4) is 0 Å². The summed E-state index contributed by atoms with van der Waals surface area (Å²) in [6, 6.07) is 7.77. The van der Waals surface area contributed by atoms with E-state index in [1.807, 2.05) is 31.2 Å². The summed E-state index contributed by atoms with van der Waals surface area (Å²) in [6.45, 7) is 7.60. The first-order chi connectivity index (χ1) is 10.0. The van der Waals surface area contributed by atoms with Crippen molar-refractivity contribution in [2.24, 2.45) is 5.92 Å². The van der Waals surface area contributed by atoms with E-state index in [4.69, 9.17) is 9.47 Å². The highest BCUT2D eigenvalue weighted by Crippen LogP contribution is 2.12. The molecule has 0 aliphatic rings. The van der Waals surface area contributed by atoms with Crippen LogP contribution in [0.25, 0.3) is 0 Å². The minimum atomic E-state index is -0.228. The molecule has 0 fully saturated rings. The normalized spacial score (nSPS) is 12.2. The van der Waals surface area contributed by atoms with Crippen molar-refractivity contribution in [3.05, 3.63) is 29.8 Å². The topological polar surface area (TPSA) is 47.6 Å². The summed E-state index contributed by atoms with van der Waals surface area (Å²) >= 11 is 0. The molecule has 1 rings (SSSR count). The zero-order chi connectivity index (χ0) is 15.7. The molecule has 0 saturated carbocycles. The van der Waals surface area contributed by atoms with Gasteiger partial charge in [-0.15, -0.1) is 0 Å². The van der Waals surface area contributed by atoms with Crippen LogP contribution in [0.5, 0.6) is 5.75 Å². The van der Waals surface area contributed by atoms with E-state index in [2.05, 4.69) is 19.2 Å². The summed E-state index contributed by atoms with van der Waals surface area (Å²) in [5, 5.41) is 3.24. The molecule has 0 aliphatic heterocycles. The third-order valence-electron chi connectivity index (χ3n) is 3.16. The SMILES string of the molecule is COC(=O)C(CC(C)C)NCCCOc1cccc(C)c1. The number of carbonyl (C=O) groups is 1. The smallest absolute Gasteiger partial charge is 0.322 e. The largest absolute Gasteiger partial charge is 0.494 e. The molecule has 1 atom stereocenters. The monoisotopic (exact) mass is 293 g/mol. The number of nitrogens with one attached hydrogen (secondary N) is 1. The quantitative estimate of drug-likeness (QED) is 0.562. The van der Waals surface area contributed by atoms with E-state index < -0.39 is 0 Å². The summed E-state index contributed by atoms with van der Waals surface area (Å²) in [4.78, 5) is 11.7. The predicted octanol–water partition coefficient (Wildman–Crippen LogP) is 2.94. The molecular formula is C17H27NO3. The molecule has 0 spiro atoms. The van der Waals surface area contributed by atoms with Gasteiger partial charge in [0.25, 0.3) is 0 Å². The Morgan fingerprint density at radius 3 is 2.71 bits per heavy atom. The zero-order valence-corrected chi connectivity index (χ0v) is 13.5. The average Bonchev–Trinajstić information content (AvgIpc) is 2.44. The van der Waals surface area contributed by atoms with Crippen LogP contribution in [-0.2, 0) is 9.53 Å². The van der Waals surface area contributed by atoms with Crippen LogP contribution >= 0.6 is 0 Å². The van der Waals surface area contributed by atoms with Gasteiger partial charge >= 0.3 is 5.97 Å². The van der Waals surface area contributed by atoms with Crippen molar-refractivity contribution in [1.29, 1.82) is 0 Å². The van der Waals surface area contributed by atoms with Gasteiger partial charge in [0.15, 0.2) is 0 Å². The van der Waals surface area contributed by atoms with E-state index in [0.29, 0.717) is 12.5 Å². The first-order valence-corrected chi connectivity index (χ1v) is 7.53. The molecule has 1 unspecified atom stereocenters. The van der Waals surface area contributed by atoms with E-state index in [1.54, 1.807) is 0 Å². The highest BCUT2D eigenvalue weighted by atomic mass is 16.5. The third kappa shape index (κ3) is 7.14. The molecule has 4 nitrogen and oxygen atoms in total. The maximum atomic E-state index is 11.7. The molecule has 1 N–H and O–H groups in total. The third-order valence-corrected chi connectivity index (χ3v) is 3.16. The number of hydrogen-bond acceptors (Lipinski definition) is 4. The Morgan fingerprint density at radius 1 is 1.33 bits per heavy atom. The molecule has 0 radical (unpaired) electrons. The molecule has 21 heavy (non-hydrogen) atoms. The molecule has 0 aliphatic carbocycles. The summed E-state index contributed by atoms with van der Waals surface area (Å²) < 4.78 is 10.5. The maximum Gasteiger partial charge on any atom is 0.322 e. The lowest BCUT2D eigenvalue weighted by Crippen LogP contribution is -2.39. The van der Waals surface area contributed by atoms with Gasteiger partial charge in [-0.2, -0.15) is 0 Å². The number of benzene rings is 1. The fourth-order valence-corrected chi connectivity index (χ4v) is 2.12. The van der Waals surface area contributed by atoms with Gasteiger partial charge in [-0.05, 0) is 49.9 Å². The van der Waals surface area contributed by atoms with Gasteiger partial charge in [0, 0.05) is 0 Å². The van der Waals surface area contributed by atoms with Crippen LogP contribution in [0.1, 0.15) is 32.3 Å². The summed E-state index contributed by atoms with van der Waals surface area (Å²) in [5.41, 5.74) is 1.19. The van der Waals surface area contributed by atoms with Crippen molar-refractivity contribution in [2.75, 3.05) is 20.3 Å². The number of aryl methyl sites for hydroxylation is 1. The lowest BCUT2D eigenvalue weighted by atomic mass is 10.0. The number of esters is 1. The number of hydrogen-bond donors (Lipinski definition) is 1. The van der Waals surface area contributed by atoms with Gasteiger partial charge in [0.2, 0.25) is 0 Å². The number of methoxy groups -OCH3 is 1. The van der Waals surface area contributed by atoms with Gasteiger partial charge in [0.1, 0.15) is 11.8 Å². The van der Waals surface area contributed by atoms with Gasteiger partial charge in [0.05, 0.1) is 13.7 Å². The van der Waals surface area contributed by atoms with Crippen LogP contribution in [0.4, 0.5) is 0 Å². The van der Waals surface area contributed by atoms with E-state index in [-0.39, 0.29) is 12.0 Å². The lowest BCUT2D eigenvalue weighted by Gasteiger charge is -2.18. The van der Waals surface area contributed by atoms with E-state index in [0.717, 1.165) is 25.1 Å². The molecule has 0 amide bonds. The van der Waals surface area contributed by atoms with Crippen molar-refractivity contribution in [1.82, 2.24) is 5.32 Å². The minimum Gasteiger partial charge on any atom is -0.494 e. The first kappa shape index (κ1) is 17.5. The Morgan fingerprint density at radius 2 is 2.10 bits per heavy atom. The van der Waals surface area contributed by atoms with Crippen molar-refractivity contribution >= 4 is 5.97 Å². The second kappa shape index (κ2) is 9.40. The summed E-state index contributed by atoms with van der Waals surface area (Å²) in [5.74, 6) is 1.15. The predicted molar refractivity (Wildman–Crippen MR) is 84.6 cm³/mol. The van der Waals surface area contributed by atoms with Crippen LogP contribution in [0.2, 0.25) is 0 Å². The van der Waals surface area contributed by atoms with Gasteiger partial charge < -0.3 is 14.8 Å². The number of carbonyl (C=O) groups excluding carboxylic acids is 1. The Kier molecular flexibility index (Phi) is 7.83. The molecule has 0 bridgehead atoms. The zero-order valence-electron chi connectivity index (χ0n) is 13.5. The van der Waals surface area contributed by atoms with Gasteiger partial charge in [-0.25, -0.2) is 0 Å². The standard InChI is InChI=1S/C17H27NO3/c1-13(2)11-16(17(19)20-4)18-9-6-10-21-15-8-5-7-14(3)12-15/h5,7-8,12-13,16,18H,6,9-11H2,1-4H3. The Labute approximate surface area is 127 Å². The van der Waals surface area contributed by atoms with E-state index >= 15 is 0 Å². The van der Waals surface area contributed by atoms with Gasteiger partial charge in [-0.1, -0.05) is 26.0 Å².